The number of amides is 1. The molecule has 9 heteroatoms. The number of para-hydroxylation sites is 1. The van der Waals surface area contributed by atoms with Gasteiger partial charge in [-0.05, 0) is 53.2 Å². The summed E-state index contributed by atoms with van der Waals surface area (Å²) in [6, 6.07) is 15.6. The third-order valence-corrected chi connectivity index (χ3v) is 6.77. The zero-order valence-electron chi connectivity index (χ0n) is 16.2. The molecule has 150 valence electrons. The molecule has 0 spiro atoms. The molecule has 29 heavy (non-hydrogen) atoms. The van der Waals surface area contributed by atoms with Crippen molar-refractivity contribution in [2.24, 2.45) is 0 Å². The van der Waals surface area contributed by atoms with Gasteiger partial charge in [0.1, 0.15) is 5.75 Å². The van der Waals surface area contributed by atoms with Crippen LogP contribution >= 0.6 is 23.5 Å². The SMILES string of the molecule is COc1ccc(-n2nnnc2SCC(=O)N2CC[C@@H](C)Sc3ccccc32)cc1. The lowest BCUT2D eigenvalue weighted by Gasteiger charge is -2.22. The summed E-state index contributed by atoms with van der Waals surface area (Å²) in [7, 11) is 1.62. The normalized spacial score (nSPS) is 16.2. The van der Waals surface area contributed by atoms with Crippen LogP contribution in [0.3, 0.4) is 0 Å². The lowest BCUT2D eigenvalue weighted by molar-refractivity contribution is -0.116. The largest absolute Gasteiger partial charge is 0.497 e. The number of carbonyl (C=O) groups is 1. The molecule has 0 unspecified atom stereocenters. The van der Waals surface area contributed by atoms with Gasteiger partial charge in [0.25, 0.3) is 0 Å². The Kier molecular flexibility index (Phi) is 6.05. The molecular formula is C20H21N5O2S2. The van der Waals surface area contributed by atoms with E-state index in [0.717, 1.165) is 28.4 Å². The minimum Gasteiger partial charge on any atom is -0.497 e. The van der Waals surface area contributed by atoms with E-state index < -0.39 is 0 Å². The molecule has 1 atom stereocenters. The molecule has 0 saturated carbocycles. The summed E-state index contributed by atoms with van der Waals surface area (Å²) in [5, 5.41) is 13.0. The summed E-state index contributed by atoms with van der Waals surface area (Å²) < 4.78 is 6.82. The first-order valence-electron chi connectivity index (χ1n) is 9.27. The molecule has 7 nitrogen and oxygen atoms in total. The molecule has 0 N–H and O–H groups in total. The number of ether oxygens (including phenoxy) is 1. The van der Waals surface area contributed by atoms with Crippen molar-refractivity contribution in [2.45, 2.75) is 28.6 Å². The number of hydrogen-bond donors (Lipinski definition) is 0. The van der Waals surface area contributed by atoms with Crippen molar-refractivity contribution >= 4 is 35.1 Å². The second-order valence-electron chi connectivity index (χ2n) is 6.59. The Balaban J connectivity index is 1.49. The third-order valence-electron chi connectivity index (χ3n) is 4.63. The van der Waals surface area contributed by atoms with Gasteiger partial charge >= 0.3 is 0 Å². The topological polar surface area (TPSA) is 73.1 Å². The lowest BCUT2D eigenvalue weighted by Crippen LogP contribution is -2.33. The zero-order valence-corrected chi connectivity index (χ0v) is 17.8. The Labute approximate surface area is 177 Å². The van der Waals surface area contributed by atoms with E-state index in [1.54, 1.807) is 11.8 Å². The number of fused-ring (bicyclic) bond motifs is 1. The number of hydrogen-bond acceptors (Lipinski definition) is 7. The molecule has 0 saturated heterocycles. The van der Waals surface area contributed by atoms with Crippen LogP contribution in [0.5, 0.6) is 5.75 Å². The van der Waals surface area contributed by atoms with Gasteiger partial charge in [-0.15, -0.1) is 16.9 Å². The van der Waals surface area contributed by atoms with E-state index in [9.17, 15) is 4.79 Å². The molecular weight excluding hydrogens is 406 g/mol. The van der Waals surface area contributed by atoms with Crippen LogP contribution in [-0.2, 0) is 4.79 Å². The fourth-order valence-corrected chi connectivity index (χ4v) is 4.98. The predicted octanol–water partition coefficient (Wildman–Crippen LogP) is 3.68. The Morgan fingerprint density at radius 2 is 2.03 bits per heavy atom. The smallest absolute Gasteiger partial charge is 0.237 e. The maximum absolute atomic E-state index is 13.0. The standard InChI is InChI=1S/C20H21N5O2S2/c1-14-11-12-24(17-5-3-4-6-18(17)29-14)19(26)13-28-20-21-22-23-25(20)15-7-9-16(27-2)10-8-15/h3-10,14H,11-13H2,1-2H3/t14-/m1/s1. The maximum Gasteiger partial charge on any atom is 0.237 e. The molecule has 0 radical (unpaired) electrons. The van der Waals surface area contributed by atoms with Crippen LogP contribution in [0.25, 0.3) is 5.69 Å². The number of aromatic nitrogens is 4. The van der Waals surface area contributed by atoms with Crippen molar-refractivity contribution in [3.8, 4) is 11.4 Å². The zero-order chi connectivity index (χ0) is 20.2. The number of tetrazole rings is 1. The highest BCUT2D eigenvalue weighted by Gasteiger charge is 2.24. The van der Waals surface area contributed by atoms with Crippen LogP contribution in [0.4, 0.5) is 5.69 Å². The van der Waals surface area contributed by atoms with Crippen LogP contribution in [0.2, 0.25) is 0 Å². The fraction of sp³-hybridized carbons (Fsp3) is 0.300. The number of thioether (sulfide) groups is 2. The number of nitrogens with zero attached hydrogens (tertiary/aromatic N) is 5. The summed E-state index contributed by atoms with van der Waals surface area (Å²) >= 11 is 3.17. The van der Waals surface area contributed by atoms with Crippen molar-refractivity contribution in [1.82, 2.24) is 20.2 Å². The van der Waals surface area contributed by atoms with E-state index in [1.165, 1.54) is 11.8 Å². The highest BCUT2D eigenvalue weighted by Crippen LogP contribution is 2.37. The minimum absolute atomic E-state index is 0.0569. The van der Waals surface area contributed by atoms with Gasteiger partial charge in [-0.1, -0.05) is 30.8 Å². The second kappa shape index (κ2) is 8.87. The van der Waals surface area contributed by atoms with E-state index in [4.69, 9.17) is 4.74 Å². The molecule has 3 aromatic rings. The van der Waals surface area contributed by atoms with E-state index in [-0.39, 0.29) is 11.7 Å². The second-order valence-corrected chi connectivity index (χ2v) is 9.01. The van der Waals surface area contributed by atoms with Gasteiger partial charge < -0.3 is 9.64 Å². The monoisotopic (exact) mass is 427 g/mol. The van der Waals surface area contributed by atoms with Gasteiger partial charge in [-0.25, -0.2) is 0 Å². The fourth-order valence-electron chi connectivity index (χ4n) is 3.10. The molecule has 0 aliphatic carbocycles. The predicted molar refractivity (Wildman–Crippen MR) is 115 cm³/mol. The van der Waals surface area contributed by atoms with E-state index in [0.29, 0.717) is 17.0 Å². The summed E-state index contributed by atoms with van der Waals surface area (Å²) in [4.78, 5) is 16.1. The molecule has 2 heterocycles. The van der Waals surface area contributed by atoms with Crippen molar-refractivity contribution in [3.63, 3.8) is 0 Å². The first-order chi connectivity index (χ1) is 14.2. The van der Waals surface area contributed by atoms with E-state index in [2.05, 4.69) is 28.5 Å². The number of anilines is 1. The molecule has 1 aliphatic heterocycles. The molecule has 0 bridgehead atoms. The van der Waals surface area contributed by atoms with E-state index >= 15 is 0 Å². The van der Waals surface area contributed by atoms with Gasteiger partial charge in [0.2, 0.25) is 11.1 Å². The number of rotatable bonds is 5. The average molecular weight is 428 g/mol. The average Bonchev–Trinajstić information content (AvgIpc) is 3.15. The number of benzene rings is 2. The van der Waals surface area contributed by atoms with Crippen LogP contribution in [0.15, 0.2) is 58.6 Å². The van der Waals surface area contributed by atoms with E-state index in [1.807, 2.05) is 59.1 Å². The summed E-state index contributed by atoms with van der Waals surface area (Å²) in [6.07, 6.45) is 0.958. The van der Waals surface area contributed by atoms with Crippen molar-refractivity contribution in [3.05, 3.63) is 48.5 Å². The summed E-state index contributed by atoms with van der Waals surface area (Å²) in [6.45, 7) is 2.92. The van der Waals surface area contributed by atoms with Gasteiger partial charge in [-0.3, -0.25) is 4.79 Å². The van der Waals surface area contributed by atoms with Crippen molar-refractivity contribution in [1.29, 1.82) is 0 Å². The molecule has 2 aromatic carbocycles. The minimum atomic E-state index is 0.0569. The van der Waals surface area contributed by atoms with Crippen LogP contribution < -0.4 is 9.64 Å². The number of methoxy groups -OCH3 is 1. The first-order valence-corrected chi connectivity index (χ1v) is 11.1. The lowest BCUT2D eigenvalue weighted by atomic mass is 10.2. The Hall–Kier alpha value is -2.52. The van der Waals surface area contributed by atoms with Crippen molar-refractivity contribution in [2.75, 3.05) is 24.3 Å². The van der Waals surface area contributed by atoms with Gasteiger partial charge in [0.15, 0.2) is 0 Å². The quantitative estimate of drug-likeness (QED) is 0.575. The third kappa shape index (κ3) is 4.40. The number of carbonyl (C=O) groups excluding carboxylic acids is 1. The first kappa shape index (κ1) is 19.8. The maximum atomic E-state index is 13.0. The highest BCUT2D eigenvalue weighted by atomic mass is 32.2. The molecule has 1 amide bonds. The summed E-state index contributed by atoms with van der Waals surface area (Å²) in [5.41, 5.74) is 1.80. The van der Waals surface area contributed by atoms with Gasteiger partial charge in [-0.2, -0.15) is 4.68 Å². The highest BCUT2D eigenvalue weighted by molar-refractivity contribution is 8.00. The van der Waals surface area contributed by atoms with Crippen LogP contribution in [0, 0.1) is 0 Å². The molecule has 0 fully saturated rings. The summed E-state index contributed by atoms with van der Waals surface area (Å²) in [5.74, 6) is 1.09. The molecule has 4 rings (SSSR count). The van der Waals surface area contributed by atoms with Crippen LogP contribution in [0.1, 0.15) is 13.3 Å². The van der Waals surface area contributed by atoms with Crippen LogP contribution in [-0.4, -0.2) is 50.8 Å². The van der Waals surface area contributed by atoms with Gasteiger partial charge in [0.05, 0.1) is 24.2 Å². The Morgan fingerprint density at radius 3 is 2.83 bits per heavy atom. The molecule has 1 aromatic heterocycles. The Bertz CT molecular complexity index is 993. The van der Waals surface area contributed by atoms with Crippen molar-refractivity contribution < 1.29 is 9.53 Å². The van der Waals surface area contributed by atoms with Gasteiger partial charge in [0, 0.05) is 16.7 Å². The Morgan fingerprint density at radius 1 is 1.24 bits per heavy atom. The molecule has 1 aliphatic rings.